The standard InChI is InChI=1S/C22H40N4/c1-6-9-13-26(17-21(8-3)10-7-2)22(12-11-19(4)15-23)14-20(5)16-25-18-24/h7-8,10-12,15,18-20,22-23H,6,9,13-14,16-17H2,1-5H3,(H2,24,25)/b10-7-,12-11-,21-8+,23-15?/t19?,20?,22-/m0/s1. The Morgan fingerprint density at radius 1 is 1.15 bits per heavy atom. The third kappa shape index (κ3) is 11.0. The van der Waals surface area contributed by atoms with E-state index in [0.717, 1.165) is 26.1 Å². The molecule has 0 aliphatic rings. The molecule has 148 valence electrons. The van der Waals surface area contributed by atoms with E-state index < -0.39 is 0 Å². The van der Waals surface area contributed by atoms with Crippen molar-refractivity contribution in [2.75, 3.05) is 19.6 Å². The van der Waals surface area contributed by atoms with E-state index in [1.807, 2.05) is 6.92 Å². The lowest BCUT2D eigenvalue weighted by atomic mass is 9.97. The third-order valence-electron chi connectivity index (χ3n) is 4.52. The van der Waals surface area contributed by atoms with Gasteiger partial charge in [0, 0.05) is 31.3 Å². The normalized spacial score (nSPS) is 16.2. The maximum absolute atomic E-state index is 7.46. The zero-order valence-corrected chi connectivity index (χ0v) is 17.5. The van der Waals surface area contributed by atoms with Crippen LogP contribution in [0.5, 0.6) is 0 Å². The van der Waals surface area contributed by atoms with Crippen LogP contribution in [0.4, 0.5) is 0 Å². The molecule has 0 aliphatic heterocycles. The minimum Gasteiger partial charge on any atom is -0.376 e. The van der Waals surface area contributed by atoms with Crippen molar-refractivity contribution in [3.05, 3.63) is 36.0 Å². The molecule has 0 aliphatic carbocycles. The fourth-order valence-corrected chi connectivity index (χ4v) is 2.88. The van der Waals surface area contributed by atoms with Gasteiger partial charge in [-0.15, -0.1) is 0 Å². The monoisotopic (exact) mass is 360 g/mol. The van der Waals surface area contributed by atoms with Crippen LogP contribution in [0.1, 0.15) is 53.9 Å². The molecule has 0 amide bonds. The van der Waals surface area contributed by atoms with Crippen LogP contribution in [0.25, 0.3) is 0 Å². The second-order valence-electron chi connectivity index (χ2n) is 7.06. The summed E-state index contributed by atoms with van der Waals surface area (Å²) in [5.74, 6) is 0.638. The summed E-state index contributed by atoms with van der Waals surface area (Å²) in [4.78, 5) is 2.56. The van der Waals surface area contributed by atoms with Crippen LogP contribution in [0, 0.1) is 22.7 Å². The van der Waals surface area contributed by atoms with Gasteiger partial charge >= 0.3 is 0 Å². The van der Waals surface area contributed by atoms with E-state index >= 15 is 0 Å². The lowest BCUT2D eigenvalue weighted by Gasteiger charge is -2.32. The molecule has 0 saturated carbocycles. The SMILES string of the molecule is C/C=C\C(=C/C)CN(CCCC)[C@@H](/C=C\C(C)C=N)CC(C)CNC=N. The van der Waals surface area contributed by atoms with Gasteiger partial charge in [-0.2, -0.15) is 0 Å². The lowest BCUT2D eigenvalue weighted by Crippen LogP contribution is -2.38. The van der Waals surface area contributed by atoms with Crippen molar-refractivity contribution in [1.29, 1.82) is 10.8 Å². The molecule has 0 radical (unpaired) electrons. The largest absolute Gasteiger partial charge is 0.376 e. The van der Waals surface area contributed by atoms with E-state index in [2.05, 4.69) is 68.3 Å². The van der Waals surface area contributed by atoms with Gasteiger partial charge in [-0.05, 0) is 44.7 Å². The van der Waals surface area contributed by atoms with Crippen LogP contribution in [0.15, 0.2) is 36.0 Å². The van der Waals surface area contributed by atoms with Crippen LogP contribution < -0.4 is 5.32 Å². The van der Waals surface area contributed by atoms with Gasteiger partial charge in [0.2, 0.25) is 0 Å². The summed E-state index contributed by atoms with van der Waals surface area (Å²) in [6.07, 6.45) is 17.1. The van der Waals surface area contributed by atoms with Crippen molar-refractivity contribution in [3.8, 4) is 0 Å². The van der Waals surface area contributed by atoms with Crippen LogP contribution in [-0.4, -0.2) is 43.1 Å². The summed E-state index contributed by atoms with van der Waals surface area (Å²) in [6.45, 7) is 13.5. The number of unbranched alkanes of at least 4 members (excludes halogenated alkanes) is 1. The highest BCUT2D eigenvalue weighted by molar-refractivity contribution is 5.58. The predicted molar refractivity (Wildman–Crippen MR) is 116 cm³/mol. The summed E-state index contributed by atoms with van der Waals surface area (Å²) in [7, 11) is 0. The molecular formula is C22H40N4. The Kier molecular flexibility index (Phi) is 14.6. The van der Waals surface area contributed by atoms with Gasteiger partial charge in [0.15, 0.2) is 0 Å². The zero-order valence-electron chi connectivity index (χ0n) is 17.5. The molecule has 26 heavy (non-hydrogen) atoms. The molecule has 4 nitrogen and oxygen atoms in total. The molecule has 0 saturated heterocycles. The quantitative estimate of drug-likeness (QED) is 0.166. The minimum atomic E-state index is 0.164. The van der Waals surface area contributed by atoms with Crippen molar-refractivity contribution < 1.29 is 0 Å². The Bertz CT molecular complexity index is 465. The highest BCUT2D eigenvalue weighted by atomic mass is 15.1. The van der Waals surface area contributed by atoms with Gasteiger partial charge in [0.1, 0.15) is 0 Å². The maximum Gasteiger partial charge on any atom is 0.0791 e. The van der Waals surface area contributed by atoms with Crippen molar-refractivity contribution in [1.82, 2.24) is 10.2 Å². The van der Waals surface area contributed by atoms with Crippen molar-refractivity contribution in [3.63, 3.8) is 0 Å². The average molecular weight is 361 g/mol. The Hall–Kier alpha value is -1.68. The smallest absolute Gasteiger partial charge is 0.0791 e. The lowest BCUT2D eigenvalue weighted by molar-refractivity contribution is 0.217. The number of allylic oxidation sites excluding steroid dienone is 3. The van der Waals surface area contributed by atoms with E-state index in [4.69, 9.17) is 10.8 Å². The summed E-state index contributed by atoms with van der Waals surface area (Å²) in [5.41, 5.74) is 1.34. The van der Waals surface area contributed by atoms with Gasteiger partial charge in [-0.1, -0.05) is 57.6 Å². The second-order valence-corrected chi connectivity index (χ2v) is 7.06. The Morgan fingerprint density at radius 2 is 1.88 bits per heavy atom. The molecule has 0 bridgehead atoms. The summed E-state index contributed by atoms with van der Waals surface area (Å²) in [5, 5.41) is 17.7. The number of nitrogens with one attached hydrogen (secondary N) is 3. The molecule has 3 atom stereocenters. The maximum atomic E-state index is 7.46. The highest BCUT2D eigenvalue weighted by Gasteiger charge is 2.19. The molecule has 0 aromatic rings. The molecular weight excluding hydrogens is 320 g/mol. The molecule has 0 rings (SSSR count). The molecule has 0 spiro atoms. The van der Waals surface area contributed by atoms with E-state index in [1.165, 1.54) is 31.0 Å². The van der Waals surface area contributed by atoms with Crippen LogP contribution in [-0.2, 0) is 0 Å². The Labute approximate surface area is 161 Å². The fourth-order valence-electron chi connectivity index (χ4n) is 2.88. The van der Waals surface area contributed by atoms with Crippen molar-refractivity contribution >= 4 is 12.6 Å². The predicted octanol–water partition coefficient (Wildman–Crippen LogP) is 5.04. The first-order valence-corrected chi connectivity index (χ1v) is 9.95. The summed E-state index contributed by atoms with van der Waals surface area (Å²) >= 11 is 0. The molecule has 0 aromatic heterocycles. The van der Waals surface area contributed by atoms with Gasteiger partial charge in [-0.25, -0.2) is 0 Å². The average Bonchev–Trinajstić information content (AvgIpc) is 2.65. The minimum absolute atomic E-state index is 0.164. The number of nitrogens with zero attached hydrogens (tertiary/aromatic N) is 1. The van der Waals surface area contributed by atoms with Gasteiger partial charge in [0.25, 0.3) is 0 Å². The van der Waals surface area contributed by atoms with E-state index in [0.29, 0.717) is 12.0 Å². The van der Waals surface area contributed by atoms with E-state index in [9.17, 15) is 0 Å². The van der Waals surface area contributed by atoms with E-state index in [1.54, 1.807) is 0 Å². The first-order valence-electron chi connectivity index (χ1n) is 9.95. The number of hydrogen-bond donors (Lipinski definition) is 3. The van der Waals surface area contributed by atoms with E-state index in [-0.39, 0.29) is 5.92 Å². The highest BCUT2D eigenvalue weighted by Crippen LogP contribution is 2.17. The first-order chi connectivity index (χ1) is 12.5. The topological polar surface area (TPSA) is 63.0 Å². The fraction of sp³-hybridized carbons (Fsp3) is 0.636. The van der Waals surface area contributed by atoms with Gasteiger partial charge in [0.05, 0.1) is 6.34 Å². The molecule has 3 N–H and O–H groups in total. The zero-order chi connectivity index (χ0) is 19.8. The Morgan fingerprint density at radius 3 is 2.42 bits per heavy atom. The molecule has 0 heterocycles. The van der Waals surface area contributed by atoms with Crippen LogP contribution in [0.2, 0.25) is 0 Å². The van der Waals surface area contributed by atoms with Gasteiger partial charge < -0.3 is 10.7 Å². The number of rotatable bonds is 15. The Balaban J connectivity index is 5.39. The molecule has 2 unspecified atom stereocenters. The van der Waals surface area contributed by atoms with Crippen LogP contribution in [0.3, 0.4) is 0 Å². The van der Waals surface area contributed by atoms with Crippen LogP contribution >= 0.6 is 0 Å². The summed E-state index contributed by atoms with van der Waals surface area (Å²) < 4.78 is 0. The first kappa shape index (κ1) is 24.3. The van der Waals surface area contributed by atoms with Crippen molar-refractivity contribution in [2.24, 2.45) is 11.8 Å². The molecule has 4 heteroatoms. The third-order valence-corrected chi connectivity index (χ3v) is 4.52. The van der Waals surface area contributed by atoms with Crippen molar-refractivity contribution in [2.45, 2.75) is 59.9 Å². The number of hydrogen-bond acceptors (Lipinski definition) is 3. The molecule has 0 aromatic carbocycles. The summed E-state index contributed by atoms with van der Waals surface area (Å²) in [6, 6.07) is 0.340. The molecule has 0 fully saturated rings. The second kappa shape index (κ2) is 15.6. The van der Waals surface area contributed by atoms with Gasteiger partial charge in [-0.3, -0.25) is 10.3 Å².